The molecule has 0 spiro atoms. The number of halogens is 8. The first-order valence-corrected chi connectivity index (χ1v) is 5.72. The Hall–Kier alpha value is -0.860. The molecule has 0 aliphatic heterocycles. The van der Waals surface area contributed by atoms with E-state index in [1.807, 2.05) is 0 Å². The van der Waals surface area contributed by atoms with E-state index in [1.165, 1.54) is 6.08 Å². The Bertz CT molecular complexity index is 407. The highest BCUT2D eigenvalue weighted by Crippen LogP contribution is 2.59. The molecule has 116 valence electrons. The third kappa shape index (κ3) is 2.01. The van der Waals surface area contributed by atoms with Gasteiger partial charge in [0, 0.05) is 18.3 Å². The molecule has 2 aliphatic rings. The number of alkyl halides is 8. The second-order valence-electron chi connectivity index (χ2n) is 5.23. The molecule has 9 heteroatoms. The van der Waals surface area contributed by atoms with Gasteiger partial charge in [0.1, 0.15) is 0 Å². The highest BCUT2D eigenvalue weighted by molar-refractivity contribution is 5.18. The van der Waals surface area contributed by atoms with E-state index in [1.54, 1.807) is 0 Å². The maximum absolute atomic E-state index is 13.7. The fourth-order valence-corrected chi connectivity index (χ4v) is 2.87. The Labute approximate surface area is 108 Å². The van der Waals surface area contributed by atoms with E-state index in [-0.39, 0.29) is 6.42 Å². The summed E-state index contributed by atoms with van der Waals surface area (Å²) in [4.78, 5) is 0. The van der Waals surface area contributed by atoms with Crippen molar-refractivity contribution in [1.29, 1.82) is 0 Å². The number of allylic oxidation sites excluding steroid dienone is 2. The van der Waals surface area contributed by atoms with Gasteiger partial charge in [0.2, 0.25) is 0 Å². The lowest BCUT2D eigenvalue weighted by Crippen LogP contribution is -2.59. The average Bonchev–Trinajstić information content (AvgIpc) is 2.77. The predicted molar refractivity (Wildman–Crippen MR) is 50.9 cm³/mol. The third-order valence-corrected chi connectivity index (χ3v) is 4.08. The first-order valence-electron chi connectivity index (χ1n) is 5.72. The molecule has 3 unspecified atom stereocenters. The normalized spacial score (nSPS) is 33.0. The molecule has 0 heterocycles. The average molecular weight is 310 g/mol. The highest BCUT2D eigenvalue weighted by Gasteiger charge is 2.73. The second kappa shape index (κ2) is 4.08. The molecule has 0 radical (unpaired) electrons. The summed E-state index contributed by atoms with van der Waals surface area (Å²) in [5.74, 6) is -8.29. The van der Waals surface area contributed by atoms with Crippen molar-refractivity contribution in [2.45, 2.75) is 36.7 Å². The molecule has 0 aromatic heterocycles. The van der Waals surface area contributed by atoms with Crippen molar-refractivity contribution < 1.29 is 40.2 Å². The van der Waals surface area contributed by atoms with Crippen LogP contribution in [0.15, 0.2) is 12.2 Å². The smallest absolute Gasteiger partial charge is 0.374 e. The van der Waals surface area contributed by atoms with Crippen LogP contribution in [0.5, 0.6) is 0 Å². The van der Waals surface area contributed by atoms with Crippen LogP contribution in [0.4, 0.5) is 35.1 Å². The van der Waals surface area contributed by atoms with Gasteiger partial charge in [-0.15, -0.1) is 0 Å². The minimum atomic E-state index is -6.06. The van der Waals surface area contributed by atoms with Crippen molar-refractivity contribution in [3.8, 4) is 0 Å². The molecule has 2 rings (SSSR count). The van der Waals surface area contributed by atoms with Crippen molar-refractivity contribution in [1.82, 2.24) is 0 Å². The van der Waals surface area contributed by atoms with Gasteiger partial charge in [0.05, 0.1) is 0 Å². The summed E-state index contributed by atoms with van der Waals surface area (Å²) in [6, 6.07) is 0. The molecule has 0 aromatic carbocycles. The maximum Gasteiger partial charge on any atom is 0.426 e. The molecule has 0 saturated heterocycles. The number of hydrogen-bond donors (Lipinski definition) is 1. The Morgan fingerprint density at radius 2 is 1.50 bits per heavy atom. The van der Waals surface area contributed by atoms with Gasteiger partial charge >= 0.3 is 12.4 Å². The molecule has 1 nitrogen and oxygen atoms in total. The second-order valence-corrected chi connectivity index (χ2v) is 5.23. The zero-order valence-electron chi connectivity index (χ0n) is 9.77. The fourth-order valence-electron chi connectivity index (χ4n) is 2.87. The molecule has 1 N–H and O–H groups in total. The van der Waals surface area contributed by atoms with Crippen molar-refractivity contribution in [3.63, 3.8) is 0 Å². The monoisotopic (exact) mass is 310 g/mol. The van der Waals surface area contributed by atoms with E-state index in [9.17, 15) is 35.1 Å². The lowest BCUT2D eigenvalue weighted by Gasteiger charge is -2.37. The summed E-state index contributed by atoms with van der Waals surface area (Å²) in [6.45, 7) is 0. The van der Waals surface area contributed by atoms with Crippen LogP contribution in [-0.2, 0) is 0 Å². The number of hydrogen-bond acceptors (Lipinski definition) is 1. The Morgan fingerprint density at radius 1 is 1.00 bits per heavy atom. The number of aliphatic hydroxyl groups is 1. The maximum atomic E-state index is 13.7. The SMILES string of the molecule is OC(CC1C2C=CC(C2)C1(F)F)(C(F)(F)F)C(F)(F)F. The van der Waals surface area contributed by atoms with Crippen LogP contribution in [0.1, 0.15) is 12.8 Å². The summed E-state index contributed by atoms with van der Waals surface area (Å²) in [5, 5.41) is 9.00. The van der Waals surface area contributed by atoms with Crippen LogP contribution in [-0.4, -0.2) is 29.0 Å². The molecule has 1 saturated carbocycles. The Kier molecular flexibility index (Phi) is 3.17. The van der Waals surface area contributed by atoms with Crippen LogP contribution in [0.3, 0.4) is 0 Å². The van der Waals surface area contributed by atoms with E-state index >= 15 is 0 Å². The van der Waals surface area contributed by atoms with Crippen molar-refractivity contribution in [3.05, 3.63) is 12.2 Å². The highest BCUT2D eigenvalue weighted by atomic mass is 19.4. The van der Waals surface area contributed by atoms with Crippen molar-refractivity contribution in [2.24, 2.45) is 17.8 Å². The van der Waals surface area contributed by atoms with Crippen molar-refractivity contribution in [2.75, 3.05) is 0 Å². The quantitative estimate of drug-likeness (QED) is 0.609. The molecule has 3 atom stereocenters. The van der Waals surface area contributed by atoms with Crippen LogP contribution < -0.4 is 0 Å². The molecular weight excluding hydrogens is 300 g/mol. The van der Waals surface area contributed by atoms with Crippen molar-refractivity contribution >= 4 is 0 Å². The topological polar surface area (TPSA) is 20.2 Å². The summed E-state index contributed by atoms with van der Waals surface area (Å²) in [5.41, 5.74) is -5.12. The minimum absolute atomic E-state index is 0.191. The van der Waals surface area contributed by atoms with E-state index in [4.69, 9.17) is 5.11 Å². The van der Waals surface area contributed by atoms with Gasteiger partial charge in [-0.05, 0) is 12.3 Å². The number of rotatable bonds is 2. The van der Waals surface area contributed by atoms with Gasteiger partial charge < -0.3 is 5.11 Å². The van der Waals surface area contributed by atoms with Crippen LogP contribution in [0.25, 0.3) is 0 Å². The molecule has 2 bridgehead atoms. The molecular formula is C11H10F8O. The van der Waals surface area contributed by atoms with Gasteiger partial charge in [0.15, 0.2) is 0 Å². The van der Waals surface area contributed by atoms with Crippen LogP contribution in [0, 0.1) is 17.8 Å². The Balaban J connectivity index is 2.33. The lowest BCUT2D eigenvalue weighted by atomic mass is 9.79. The number of fused-ring (bicyclic) bond motifs is 2. The third-order valence-electron chi connectivity index (χ3n) is 4.08. The summed E-state index contributed by atoms with van der Waals surface area (Å²) < 4.78 is 103. The molecule has 2 aliphatic carbocycles. The first-order chi connectivity index (χ1) is 8.81. The fraction of sp³-hybridized carbons (Fsp3) is 0.818. The van der Waals surface area contributed by atoms with Gasteiger partial charge in [-0.2, -0.15) is 26.3 Å². The van der Waals surface area contributed by atoms with E-state index < -0.39 is 48.1 Å². The molecule has 0 aromatic rings. The zero-order chi connectivity index (χ0) is 15.6. The Morgan fingerprint density at radius 3 is 1.85 bits per heavy atom. The largest absolute Gasteiger partial charge is 0.426 e. The van der Waals surface area contributed by atoms with Gasteiger partial charge in [-0.25, -0.2) is 8.78 Å². The van der Waals surface area contributed by atoms with Gasteiger partial charge in [-0.1, -0.05) is 12.2 Å². The summed E-state index contributed by atoms with van der Waals surface area (Å²) >= 11 is 0. The lowest BCUT2D eigenvalue weighted by molar-refractivity contribution is -0.375. The predicted octanol–water partition coefficient (Wildman–Crippen LogP) is 3.69. The van der Waals surface area contributed by atoms with E-state index in [2.05, 4.69) is 0 Å². The van der Waals surface area contributed by atoms with E-state index in [0.29, 0.717) is 0 Å². The molecule has 1 fully saturated rings. The van der Waals surface area contributed by atoms with Crippen LogP contribution >= 0.6 is 0 Å². The zero-order valence-corrected chi connectivity index (χ0v) is 9.77. The van der Waals surface area contributed by atoms with E-state index in [0.717, 1.165) is 6.08 Å². The minimum Gasteiger partial charge on any atom is -0.374 e. The van der Waals surface area contributed by atoms with Gasteiger partial charge in [0.25, 0.3) is 11.5 Å². The summed E-state index contributed by atoms with van der Waals surface area (Å²) in [6.07, 6.45) is -12.1. The van der Waals surface area contributed by atoms with Gasteiger partial charge in [-0.3, -0.25) is 0 Å². The standard InChI is InChI=1S/C11H10F8O/c12-9(13)6-2-1-5(3-6)7(9)4-8(20,10(14,15)16)11(17,18)19/h1-2,5-7,20H,3-4H2. The molecule has 0 amide bonds. The van der Waals surface area contributed by atoms with Crippen LogP contribution in [0.2, 0.25) is 0 Å². The first kappa shape index (κ1) is 15.5. The summed E-state index contributed by atoms with van der Waals surface area (Å²) in [7, 11) is 0. The molecule has 20 heavy (non-hydrogen) atoms.